The number of amides is 1. The van der Waals surface area contributed by atoms with Crippen LogP contribution >= 0.6 is 0 Å². The van der Waals surface area contributed by atoms with Gasteiger partial charge in [0.25, 0.3) is 0 Å². The summed E-state index contributed by atoms with van der Waals surface area (Å²) in [5.41, 5.74) is 3.17. The van der Waals surface area contributed by atoms with Crippen LogP contribution in [0.1, 0.15) is 31.2 Å². The number of nitrogens with one attached hydrogen (secondary N) is 2. The van der Waals surface area contributed by atoms with Crippen molar-refractivity contribution >= 4 is 16.9 Å². The number of hydrogen-bond acceptors (Lipinski definition) is 3. The molecule has 0 bridgehead atoms. The molecule has 1 heterocycles. The van der Waals surface area contributed by atoms with Gasteiger partial charge in [-0.3, -0.25) is 4.79 Å². The SMILES string of the molecule is CNCC(=O)NCc1ccc2c(c1)nc(C(C)C)n2C. The minimum Gasteiger partial charge on any atom is -0.351 e. The van der Waals surface area contributed by atoms with Crippen LogP contribution in [-0.2, 0) is 18.4 Å². The Morgan fingerprint density at radius 2 is 2.15 bits per heavy atom. The van der Waals surface area contributed by atoms with E-state index in [-0.39, 0.29) is 5.91 Å². The lowest BCUT2D eigenvalue weighted by atomic mass is 10.2. The van der Waals surface area contributed by atoms with Crippen LogP contribution in [0.2, 0.25) is 0 Å². The van der Waals surface area contributed by atoms with E-state index in [1.165, 1.54) is 0 Å². The minimum atomic E-state index is -0.00325. The predicted octanol–water partition coefficient (Wildman–Crippen LogP) is 1.53. The molecular weight excluding hydrogens is 252 g/mol. The molecule has 0 spiro atoms. The molecule has 1 amide bonds. The van der Waals surface area contributed by atoms with E-state index in [0.29, 0.717) is 19.0 Å². The van der Waals surface area contributed by atoms with Gasteiger partial charge in [-0.1, -0.05) is 19.9 Å². The minimum absolute atomic E-state index is 0.00325. The zero-order chi connectivity index (χ0) is 14.7. The highest BCUT2D eigenvalue weighted by Gasteiger charge is 2.11. The Morgan fingerprint density at radius 1 is 1.40 bits per heavy atom. The van der Waals surface area contributed by atoms with Gasteiger partial charge in [0.2, 0.25) is 5.91 Å². The summed E-state index contributed by atoms with van der Waals surface area (Å²) in [6.45, 7) is 5.15. The molecule has 108 valence electrons. The number of likely N-dealkylation sites (N-methyl/N-ethyl adjacent to an activating group) is 1. The summed E-state index contributed by atoms with van der Waals surface area (Å²) in [5.74, 6) is 1.47. The number of rotatable bonds is 5. The molecule has 0 unspecified atom stereocenters. The van der Waals surface area contributed by atoms with Crippen molar-refractivity contribution < 1.29 is 4.79 Å². The number of nitrogens with zero attached hydrogens (tertiary/aromatic N) is 2. The first-order valence-electron chi connectivity index (χ1n) is 6.89. The van der Waals surface area contributed by atoms with Gasteiger partial charge in [0.1, 0.15) is 5.82 Å². The highest BCUT2D eigenvalue weighted by molar-refractivity contribution is 5.79. The molecule has 5 nitrogen and oxygen atoms in total. The second kappa shape index (κ2) is 6.05. The van der Waals surface area contributed by atoms with Gasteiger partial charge in [0.05, 0.1) is 17.6 Å². The largest absolute Gasteiger partial charge is 0.351 e. The zero-order valence-corrected chi connectivity index (χ0v) is 12.5. The number of hydrogen-bond donors (Lipinski definition) is 2. The number of aryl methyl sites for hydroxylation is 1. The standard InChI is InChI=1S/C15H22N4O/c1-10(2)15-18-12-7-11(5-6-13(12)19(15)4)8-17-14(20)9-16-3/h5-7,10,16H,8-9H2,1-4H3,(H,17,20). The summed E-state index contributed by atoms with van der Waals surface area (Å²) in [7, 11) is 3.80. The van der Waals surface area contributed by atoms with Gasteiger partial charge in [-0.2, -0.15) is 0 Å². The zero-order valence-electron chi connectivity index (χ0n) is 12.5. The van der Waals surface area contributed by atoms with Gasteiger partial charge in [-0.05, 0) is 24.7 Å². The van der Waals surface area contributed by atoms with Gasteiger partial charge < -0.3 is 15.2 Å². The fourth-order valence-corrected chi connectivity index (χ4v) is 2.31. The van der Waals surface area contributed by atoms with Crippen LogP contribution < -0.4 is 10.6 Å². The molecule has 0 saturated carbocycles. The number of carbonyl (C=O) groups excluding carboxylic acids is 1. The maximum atomic E-state index is 11.4. The number of aromatic nitrogens is 2. The van der Waals surface area contributed by atoms with Crippen molar-refractivity contribution in [3.63, 3.8) is 0 Å². The van der Waals surface area contributed by atoms with Crippen LogP contribution in [0, 0.1) is 0 Å². The van der Waals surface area contributed by atoms with Crippen molar-refractivity contribution in [1.29, 1.82) is 0 Å². The lowest BCUT2D eigenvalue weighted by molar-refractivity contribution is -0.120. The van der Waals surface area contributed by atoms with Gasteiger partial charge in [0.15, 0.2) is 0 Å². The van der Waals surface area contributed by atoms with Crippen LogP contribution in [0.25, 0.3) is 11.0 Å². The number of benzene rings is 1. The molecule has 20 heavy (non-hydrogen) atoms. The fraction of sp³-hybridized carbons (Fsp3) is 0.467. The lowest BCUT2D eigenvalue weighted by Crippen LogP contribution is -2.31. The van der Waals surface area contributed by atoms with Gasteiger partial charge in [-0.25, -0.2) is 4.98 Å². The Bertz CT molecular complexity index is 616. The van der Waals surface area contributed by atoms with E-state index in [1.807, 2.05) is 19.2 Å². The van der Waals surface area contributed by atoms with Crippen LogP contribution in [0.15, 0.2) is 18.2 Å². The Hall–Kier alpha value is -1.88. The molecule has 0 aliphatic rings. The Morgan fingerprint density at radius 3 is 2.80 bits per heavy atom. The lowest BCUT2D eigenvalue weighted by Gasteiger charge is -2.05. The van der Waals surface area contributed by atoms with Gasteiger partial charge >= 0.3 is 0 Å². The molecule has 1 aromatic heterocycles. The molecule has 5 heteroatoms. The summed E-state index contributed by atoms with van der Waals surface area (Å²) in [5, 5.41) is 5.70. The average molecular weight is 274 g/mol. The average Bonchev–Trinajstić information content (AvgIpc) is 2.74. The van der Waals surface area contributed by atoms with E-state index in [4.69, 9.17) is 0 Å². The number of fused-ring (bicyclic) bond motifs is 1. The van der Waals surface area contributed by atoms with Crippen molar-refractivity contribution in [2.24, 2.45) is 7.05 Å². The molecule has 0 atom stereocenters. The maximum absolute atomic E-state index is 11.4. The summed E-state index contributed by atoms with van der Waals surface area (Å²) >= 11 is 0. The van der Waals surface area contributed by atoms with E-state index in [1.54, 1.807) is 7.05 Å². The van der Waals surface area contributed by atoms with Crippen molar-refractivity contribution in [3.8, 4) is 0 Å². The maximum Gasteiger partial charge on any atom is 0.234 e. The molecule has 2 rings (SSSR count). The normalized spacial score (nSPS) is 11.2. The molecule has 1 aromatic carbocycles. The number of imidazole rings is 1. The summed E-state index contributed by atoms with van der Waals surface area (Å²) in [4.78, 5) is 16.1. The van der Waals surface area contributed by atoms with E-state index in [2.05, 4.69) is 40.1 Å². The van der Waals surface area contributed by atoms with E-state index >= 15 is 0 Å². The number of carbonyl (C=O) groups is 1. The quantitative estimate of drug-likeness (QED) is 0.869. The topological polar surface area (TPSA) is 59.0 Å². The Labute approximate surface area is 119 Å². The van der Waals surface area contributed by atoms with Crippen LogP contribution in [0.4, 0.5) is 0 Å². The van der Waals surface area contributed by atoms with E-state index in [0.717, 1.165) is 22.4 Å². The molecule has 0 radical (unpaired) electrons. The van der Waals surface area contributed by atoms with Crippen molar-refractivity contribution in [2.75, 3.05) is 13.6 Å². The van der Waals surface area contributed by atoms with Crippen LogP contribution in [-0.4, -0.2) is 29.1 Å². The summed E-state index contributed by atoms with van der Waals surface area (Å²) < 4.78 is 2.13. The molecule has 2 aromatic rings. The molecule has 0 aliphatic carbocycles. The predicted molar refractivity (Wildman–Crippen MR) is 80.6 cm³/mol. The van der Waals surface area contributed by atoms with Gasteiger partial charge in [-0.15, -0.1) is 0 Å². The highest BCUT2D eigenvalue weighted by atomic mass is 16.1. The first kappa shape index (κ1) is 14.5. The van der Waals surface area contributed by atoms with E-state index < -0.39 is 0 Å². The first-order chi connectivity index (χ1) is 9.52. The molecule has 0 saturated heterocycles. The molecule has 0 fully saturated rings. The molecule has 0 aliphatic heterocycles. The van der Waals surface area contributed by atoms with Crippen LogP contribution in [0.3, 0.4) is 0 Å². The smallest absolute Gasteiger partial charge is 0.234 e. The third-order valence-corrected chi connectivity index (χ3v) is 3.32. The van der Waals surface area contributed by atoms with Gasteiger partial charge in [0, 0.05) is 19.5 Å². The summed E-state index contributed by atoms with van der Waals surface area (Å²) in [6.07, 6.45) is 0. The van der Waals surface area contributed by atoms with Crippen molar-refractivity contribution in [3.05, 3.63) is 29.6 Å². The molecular formula is C15H22N4O. The highest BCUT2D eigenvalue weighted by Crippen LogP contribution is 2.21. The van der Waals surface area contributed by atoms with E-state index in [9.17, 15) is 4.79 Å². The third-order valence-electron chi connectivity index (χ3n) is 3.32. The fourth-order valence-electron chi connectivity index (χ4n) is 2.31. The second-order valence-electron chi connectivity index (χ2n) is 5.31. The van der Waals surface area contributed by atoms with Crippen molar-refractivity contribution in [2.45, 2.75) is 26.3 Å². The van der Waals surface area contributed by atoms with Crippen LogP contribution in [0.5, 0.6) is 0 Å². The van der Waals surface area contributed by atoms with Crippen molar-refractivity contribution in [1.82, 2.24) is 20.2 Å². The Balaban J connectivity index is 2.19. The third kappa shape index (κ3) is 2.99. The summed E-state index contributed by atoms with van der Waals surface area (Å²) in [6, 6.07) is 6.14. The Kier molecular flexibility index (Phi) is 4.39. The monoisotopic (exact) mass is 274 g/mol. The molecule has 2 N–H and O–H groups in total. The second-order valence-corrected chi connectivity index (χ2v) is 5.31. The first-order valence-corrected chi connectivity index (χ1v) is 6.89.